The maximum absolute atomic E-state index is 12.6. The van der Waals surface area contributed by atoms with Gasteiger partial charge in [0.15, 0.2) is 6.10 Å². The Hall–Kier alpha value is -2.67. The molecule has 0 unspecified atom stereocenters. The molecule has 1 aliphatic rings. The summed E-state index contributed by atoms with van der Waals surface area (Å²) in [6.45, 7) is 3.98. The normalized spacial score (nSPS) is 17.0. The van der Waals surface area contributed by atoms with Crippen LogP contribution in [0.4, 0.5) is 0 Å². The molecule has 1 aromatic carbocycles. The first-order valence-electron chi connectivity index (χ1n) is 9.34. The number of thiophene rings is 1. The summed E-state index contributed by atoms with van der Waals surface area (Å²) < 4.78 is 16.4. The van der Waals surface area contributed by atoms with E-state index in [1.165, 1.54) is 28.2 Å². The third-order valence-corrected chi connectivity index (χ3v) is 6.16. The molecule has 6 nitrogen and oxygen atoms in total. The highest BCUT2D eigenvalue weighted by Gasteiger charge is 2.24. The number of carbonyl (C=O) groups is 1. The number of benzene rings is 1. The quantitative estimate of drug-likeness (QED) is 0.572. The summed E-state index contributed by atoms with van der Waals surface area (Å²) in [5.74, 6) is 1.72. The standard InChI is InChI=1S/C21H22N2O4S/c1-12-4-9-17-15(10-12)11-18(28-17)21(24)26-13(2)19-22-23-20(27-19)14-5-7-16(25-3)8-6-14/h5-8,11-13H,4,9-10H2,1-3H3/t12-,13-/m1/s1. The fourth-order valence-electron chi connectivity index (χ4n) is 3.32. The minimum atomic E-state index is -0.620. The molecule has 0 amide bonds. The lowest BCUT2D eigenvalue weighted by molar-refractivity contribution is 0.0285. The Balaban J connectivity index is 1.44. The summed E-state index contributed by atoms with van der Waals surface area (Å²) in [5, 5.41) is 8.09. The zero-order valence-electron chi connectivity index (χ0n) is 16.1. The van der Waals surface area contributed by atoms with E-state index in [0.29, 0.717) is 16.7 Å². The summed E-state index contributed by atoms with van der Waals surface area (Å²) in [4.78, 5) is 14.5. The predicted molar refractivity (Wildman–Crippen MR) is 106 cm³/mol. The molecule has 0 bridgehead atoms. The lowest BCUT2D eigenvalue weighted by atomic mass is 9.90. The van der Waals surface area contributed by atoms with Crippen LogP contribution in [0.15, 0.2) is 34.7 Å². The van der Waals surface area contributed by atoms with Crippen molar-refractivity contribution in [1.82, 2.24) is 10.2 Å². The molecular weight excluding hydrogens is 376 g/mol. The van der Waals surface area contributed by atoms with Gasteiger partial charge in [0.25, 0.3) is 5.89 Å². The minimum absolute atomic E-state index is 0.272. The van der Waals surface area contributed by atoms with E-state index < -0.39 is 6.10 Å². The van der Waals surface area contributed by atoms with Crippen molar-refractivity contribution in [3.63, 3.8) is 0 Å². The number of hydrogen-bond acceptors (Lipinski definition) is 7. The van der Waals surface area contributed by atoms with Crippen LogP contribution in [0.1, 0.15) is 52.4 Å². The maximum Gasteiger partial charge on any atom is 0.349 e. The maximum atomic E-state index is 12.6. The highest BCUT2D eigenvalue weighted by molar-refractivity contribution is 7.14. The molecule has 0 spiro atoms. The number of ether oxygens (including phenoxy) is 2. The van der Waals surface area contributed by atoms with Gasteiger partial charge in [-0.15, -0.1) is 21.5 Å². The van der Waals surface area contributed by atoms with Crippen molar-refractivity contribution in [1.29, 1.82) is 0 Å². The van der Waals surface area contributed by atoms with Crippen molar-refractivity contribution >= 4 is 17.3 Å². The van der Waals surface area contributed by atoms with Gasteiger partial charge in [-0.3, -0.25) is 0 Å². The Morgan fingerprint density at radius 3 is 2.82 bits per heavy atom. The molecular formula is C21H22N2O4S. The van der Waals surface area contributed by atoms with Gasteiger partial charge in [-0.2, -0.15) is 0 Å². The highest BCUT2D eigenvalue weighted by Crippen LogP contribution is 2.33. The number of nitrogens with zero attached hydrogens (tertiary/aromatic N) is 2. The Kier molecular flexibility index (Phi) is 5.17. The predicted octanol–water partition coefficient (Wildman–Crippen LogP) is 4.85. The van der Waals surface area contributed by atoms with E-state index in [2.05, 4.69) is 17.1 Å². The topological polar surface area (TPSA) is 74.5 Å². The molecule has 3 aromatic rings. The summed E-state index contributed by atoms with van der Waals surface area (Å²) in [7, 11) is 1.61. The molecule has 0 N–H and O–H groups in total. The van der Waals surface area contributed by atoms with Crippen LogP contribution in [0.25, 0.3) is 11.5 Å². The first-order valence-corrected chi connectivity index (χ1v) is 10.2. The van der Waals surface area contributed by atoms with Gasteiger partial charge < -0.3 is 13.9 Å². The average molecular weight is 398 g/mol. The molecule has 4 rings (SSSR count). The fraction of sp³-hybridized carbons (Fsp3) is 0.381. The van der Waals surface area contributed by atoms with E-state index in [1.54, 1.807) is 14.0 Å². The van der Waals surface area contributed by atoms with E-state index in [4.69, 9.17) is 13.9 Å². The third-order valence-electron chi connectivity index (χ3n) is 4.94. The SMILES string of the molecule is COc1ccc(-c2nnc([C@@H](C)OC(=O)c3cc4c(s3)CC[C@@H](C)C4)o2)cc1. The van der Waals surface area contributed by atoms with Crippen LogP contribution in [-0.2, 0) is 17.6 Å². The van der Waals surface area contributed by atoms with E-state index >= 15 is 0 Å². The smallest absolute Gasteiger partial charge is 0.349 e. The van der Waals surface area contributed by atoms with E-state index in [-0.39, 0.29) is 11.9 Å². The van der Waals surface area contributed by atoms with Gasteiger partial charge in [0.05, 0.1) is 7.11 Å². The van der Waals surface area contributed by atoms with E-state index in [0.717, 1.165) is 24.2 Å². The highest BCUT2D eigenvalue weighted by atomic mass is 32.1. The number of fused-ring (bicyclic) bond motifs is 1. The Labute approximate surface area is 167 Å². The molecule has 146 valence electrons. The van der Waals surface area contributed by atoms with Crippen LogP contribution in [0.5, 0.6) is 5.75 Å². The van der Waals surface area contributed by atoms with Gasteiger partial charge in [-0.25, -0.2) is 4.79 Å². The van der Waals surface area contributed by atoms with Gasteiger partial charge in [-0.1, -0.05) is 6.92 Å². The van der Waals surface area contributed by atoms with Gasteiger partial charge in [0, 0.05) is 10.4 Å². The lowest BCUT2D eigenvalue weighted by Crippen LogP contribution is -2.08. The van der Waals surface area contributed by atoms with Crippen LogP contribution < -0.4 is 4.74 Å². The number of esters is 1. The van der Waals surface area contributed by atoms with Gasteiger partial charge in [0.1, 0.15) is 10.6 Å². The zero-order chi connectivity index (χ0) is 19.7. The fourth-order valence-corrected chi connectivity index (χ4v) is 4.42. The molecule has 7 heteroatoms. The third kappa shape index (κ3) is 3.80. The molecule has 0 saturated carbocycles. The Bertz CT molecular complexity index is 977. The monoisotopic (exact) mass is 398 g/mol. The molecule has 0 fully saturated rings. The van der Waals surface area contributed by atoms with Crippen LogP contribution in [0.3, 0.4) is 0 Å². The second-order valence-electron chi connectivity index (χ2n) is 7.13. The second-order valence-corrected chi connectivity index (χ2v) is 8.27. The zero-order valence-corrected chi connectivity index (χ0v) is 16.9. The Morgan fingerprint density at radius 1 is 1.29 bits per heavy atom. The van der Waals surface area contributed by atoms with Crippen molar-refractivity contribution in [3.8, 4) is 17.2 Å². The molecule has 28 heavy (non-hydrogen) atoms. The molecule has 2 aromatic heterocycles. The average Bonchev–Trinajstić information content (AvgIpc) is 3.35. The van der Waals surface area contributed by atoms with Crippen molar-refractivity contribution in [3.05, 3.63) is 51.5 Å². The number of carbonyl (C=O) groups excluding carboxylic acids is 1. The molecule has 0 radical (unpaired) electrons. The largest absolute Gasteiger partial charge is 0.497 e. The summed E-state index contributed by atoms with van der Waals surface area (Å²) in [6.07, 6.45) is 2.63. The van der Waals surface area contributed by atoms with Gasteiger partial charge >= 0.3 is 5.97 Å². The number of methoxy groups -OCH3 is 1. The number of hydrogen-bond donors (Lipinski definition) is 0. The summed E-state index contributed by atoms with van der Waals surface area (Å²) in [5.41, 5.74) is 2.06. The van der Waals surface area contributed by atoms with Crippen LogP contribution in [0, 0.1) is 5.92 Å². The molecule has 0 saturated heterocycles. The first kappa shape index (κ1) is 18.7. The van der Waals surface area contributed by atoms with E-state index in [1.807, 2.05) is 30.3 Å². The molecule has 0 aliphatic heterocycles. The Morgan fingerprint density at radius 2 is 2.07 bits per heavy atom. The lowest BCUT2D eigenvalue weighted by Gasteiger charge is -2.16. The van der Waals surface area contributed by atoms with Crippen molar-refractivity contribution in [2.24, 2.45) is 5.92 Å². The first-order chi connectivity index (χ1) is 13.5. The number of aromatic nitrogens is 2. The van der Waals surface area contributed by atoms with Crippen molar-refractivity contribution in [2.75, 3.05) is 7.11 Å². The van der Waals surface area contributed by atoms with Crippen LogP contribution in [0.2, 0.25) is 0 Å². The van der Waals surface area contributed by atoms with Crippen molar-refractivity contribution in [2.45, 2.75) is 39.2 Å². The van der Waals surface area contributed by atoms with Crippen LogP contribution in [-0.4, -0.2) is 23.3 Å². The molecule has 1 aliphatic carbocycles. The number of aryl methyl sites for hydroxylation is 1. The molecule has 2 heterocycles. The second kappa shape index (κ2) is 7.75. The van der Waals surface area contributed by atoms with Gasteiger partial charge in [0.2, 0.25) is 5.89 Å². The van der Waals surface area contributed by atoms with E-state index in [9.17, 15) is 4.79 Å². The van der Waals surface area contributed by atoms with Crippen LogP contribution >= 0.6 is 11.3 Å². The number of rotatable bonds is 5. The van der Waals surface area contributed by atoms with Gasteiger partial charge in [-0.05, 0) is 68.0 Å². The summed E-state index contributed by atoms with van der Waals surface area (Å²) in [6, 6.07) is 9.29. The van der Waals surface area contributed by atoms with Crippen molar-refractivity contribution < 1.29 is 18.7 Å². The molecule has 2 atom stereocenters. The minimum Gasteiger partial charge on any atom is -0.497 e. The summed E-state index contributed by atoms with van der Waals surface area (Å²) >= 11 is 1.54.